The zero-order valence-electron chi connectivity index (χ0n) is 17.0. The molecule has 3 N–H and O–H groups in total. The molecule has 0 radical (unpaired) electrons. The van der Waals surface area contributed by atoms with Crippen molar-refractivity contribution in [2.75, 3.05) is 5.33 Å². The number of benzene rings is 3. The number of aromatic nitrogens is 3. The lowest BCUT2D eigenvalue weighted by molar-refractivity contribution is 0.594. The van der Waals surface area contributed by atoms with Crippen molar-refractivity contribution >= 4 is 48.6 Å². The van der Waals surface area contributed by atoms with E-state index in [0.717, 1.165) is 11.8 Å². The first-order valence-electron chi connectivity index (χ1n) is 10.5. The quantitative estimate of drug-likeness (QED) is 0.227. The summed E-state index contributed by atoms with van der Waals surface area (Å²) in [5.74, 6) is 0. The topological polar surface area (TPSA) is 47.4 Å². The van der Waals surface area contributed by atoms with E-state index in [1.165, 1.54) is 49.4 Å². The molecule has 4 heteroatoms. The molecule has 0 amide bonds. The number of nitrogens with one attached hydrogen (secondary N) is 3. The van der Waals surface area contributed by atoms with Gasteiger partial charge in [-0.15, -0.1) is 0 Å². The van der Waals surface area contributed by atoms with E-state index >= 15 is 0 Å². The van der Waals surface area contributed by atoms with E-state index < -0.39 is 0 Å². The molecule has 0 saturated carbocycles. The summed E-state index contributed by atoms with van der Waals surface area (Å²) in [5.41, 5.74) is 7.22. The summed E-state index contributed by atoms with van der Waals surface area (Å²) in [4.78, 5) is 10.5. The van der Waals surface area contributed by atoms with E-state index in [-0.39, 0.29) is 5.41 Å². The molecule has 3 aromatic heterocycles. The van der Waals surface area contributed by atoms with Gasteiger partial charge in [0.05, 0.1) is 0 Å². The first-order chi connectivity index (χ1) is 15.3. The minimum absolute atomic E-state index is 0.246. The molecule has 0 bridgehead atoms. The number of para-hydroxylation sites is 3. The molecule has 0 aliphatic carbocycles. The van der Waals surface area contributed by atoms with Gasteiger partial charge in [-0.05, 0) is 41.3 Å². The summed E-state index contributed by atoms with van der Waals surface area (Å²) in [6.45, 7) is 0. The van der Waals surface area contributed by atoms with Gasteiger partial charge in [-0.25, -0.2) is 0 Å². The van der Waals surface area contributed by atoms with Crippen LogP contribution in [-0.2, 0) is 11.8 Å². The number of hydrogen-bond donors (Lipinski definition) is 3. The lowest BCUT2D eigenvalue weighted by Crippen LogP contribution is -2.32. The van der Waals surface area contributed by atoms with E-state index in [0.29, 0.717) is 0 Å². The standard InChI is InChI=1S/C27H22BrN3/c28-17-27(22-15-30-25-11-5-2-8-20(22)25,23-16-31-26-12-6-3-9-21(23)26)13-18-14-29-24-10-4-1-7-19(18)24/h1-12,14-16,29-31H,13,17H2. The Kier molecular flexibility index (Phi) is 4.29. The summed E-state index contributed by atoms with van der Waals surface area (Å²) in [6, 6.07) is 25.7. The van der Waals surface area contributed by atoms with Crippen LogP contribution in [-0.4, -0.2) is 20.3 Å². The second-order valence-electron chi connectivity index (χ2n) is 8.25. The second kappa shape index (κ2) is 7.17. The van der Waals surface area contributed by atoms with Crippen LogP contribution in [0.1, 0.15) is 16.7 Å². The summed E-state index contributed by atoms with van der Waals surface area (Å²) < 4.78 is 0. The van der Waals surface area contributed by atoms with Gasteiger partial charge in [0.15, 0.2) is 0 Å². The lowest BCUT2D eigenvalue weighted by atomic mass is 9.71. The van der Waals surface area contributed by atoms with E-state index in [1.807, 2.05) is 0 Å². The predicted molar refractivity (Wildman–Crippen MR) is 133 cm³/mol. The highest BCUT2D eigenvalue weighted by Crippen LogP contribution is 2.44. The van der Waals surface area contributed by atoms with Crippen LogP contribution in [0.3, 0.4) is 0 Å². The van der Waals surface area contributed by atoms with Crippen molar-refractivity contribution in [2.24, 2.45) is 0 Å². The predicted octanol–water partition coefficient (Wildman–Crippen LogP) is 7.05. The Morgan fingerprint density at radius 1 is 0.581 bits per heavy atom. The van der Waals surface area contributed by atoms with Crippen LogP contribution in [0.4, 0.5) is 0 Å². The number of rotatable bonds is 5. The molecule has 6 aromatic rings. The molecular weight excluding hydrogens is 446 g/mol. The maximum atomic E-state index is 3.96. The molecule has 0 unspecified atom stereocenters. The molecule has 152 valence electrons. The number of aromatic amines is 3. The molecule has 3 aromatic carbocycles. The summed E-state index contributed by atoms with van der Waals surface area (Å²) >= 11 is 3.96. The molecule has 0 spiro atoms. The third-order valence-corrected chi connectivity index (χ3v) is 7.56. The van der Waals surface area contributed by atoms with Gasteiger partial charge in [0, 0.05) is 62.0 Å². The SMILES string of the molecule is BrCC(Cc1c[nH]c2ccccc12)(c1c[nH]c2ccccc12)c1c[nH]c2ccccc12. The zero-order valence-corrected chi connectivity index (χ0v) is 18.5. The van der Waals surface area contributed by atoms with Crippen LogP contribution >= 0.6 is 15.9 Å². The van der Waals surface area contributed by atoms with Crippen LogP contribution in [0.5, 0.6) is 0 Å². The Balaban J connectivity index is 1.65. The fraction of sp³-hybridized carbons (Fsp3) is 0.111. The number of fused-ring (bicyclic) bond motifs is 3. The highest BCUT2D eigenvalue weighted by molar-refractivity contribution is 9.09. The third-order valence-electron chi connectivity index (χ3n) is 6.60. The zero-order chi connectivity index (χ0) is 20.8. The van der Waals surface area contributed by atoms with Gasteiger partial charge in [-0.2, -0.15) is 0 Å². The van der Waals surface area contributed by atoms with Gasteiger partial charge in [0.1, 0.15) is 0 Å². The highest BCUT2D eigenvalue weighted by Gasteiger charge is 2.38. The van der Waals surface area contributed by atoms with E-state index in [1.54, 1.807) is 0 Å². The Morgan fingerprint density at radius 2 is 1.03 bits per heavy atom. The first-order valence-corrected chi connectivity index (χ1v) is 11.7. The molecule has 3 heterocycles. The van der Waals surface area contributed by atoms with E-state index in [9.17, 15) is 0 Å². The van der Waals surface area contributed by atoms with Crippen molar-refractivity contribution in [2.45, 2.75) is 11.8 Å². The smallest absolute Gasteiger partial charge is 0.0457 e. The summed E-state index contributed by atoms with van der Waals surface area (Å²) in [5, 5.41) is 4.63. The average molecular weight is 468 g/mol. The molecule has 0 fully saturated rings. The minimum atomic E-state index is -0.246. The largest absolute Gasteiger partial charge is 0.361 e. The first kappa shape index (κ1) is 18.5. The van der Waals surface area contributed by atoms with Crippen LogP contribution < -0.4 is 0 Å². The molecule has 6 rings (SSSR count). The number of H-pyrrole nitrogens is 3. The normalized spacial score (nSPS) is 12.3. The van der Waals surface area contributed by atoms with Gasteiger partial charge in [-0.1, -0.05) is 70.5 Å². The van der Waals surface area contributed by atoms with Crippen molar-refractivity contribution in [3.8, 4) is 0 Å². The van der Waals surface area contributed by atoms with Gasteiger partial charge < -0.3 is 15.0 Å². The van der Waals surface area contributed by atoms with Gasteiger partial charge in [0.25, 0.3) is 0 Å². The summed E-state index contributed by atoms with van der Waals surface area (Å²) in [6.07, 6.45) is 7.45. The Bertz CT molecular complexity index is 1440. The highest BCUT2D eigenvalue weighted by atomic mass is 79.9. The molecule has 3 nitrogen and oxygen atoms in total. The number of hydrogen-bond acceptors (Lipinski definition) is 0. The second-order valence-corrected chi connectivity index (χ2v) is 8.81. The Labute approximate surface area is 188 Å². The van der Waals surface area contributed by atoms with Crippen LogP contribution in [0.15, 0.2) is 91.4 Å². The molecule has 0 aliphatic heterocycles. The molecule has 0 aliphatic rings. The minimum Gasteiger partial charge on any atom is -0.361 e. The molecular formula is C27H22BrN3. The van der Waals surface area contributed by atoms with Crippen molar-refractivity contribution in [3.63, 3.8) is 0 Å². The Morgan fingerprint density at radius 3 is 1.58 bits per heavy atom. The van der Waals surface area contributed by atoms with Crippen molar-refractivity contribution in [1.29, 1.82) is 0 Å². The van der Waals surface area contributed by atoms with Crippen molar-refractivity contribution in [1.82, 2.24) is 15.0 Å². The Hall–Kier alpha value is -3.24. The van der Waals surface area contributed by atoms with Crippen molar-refractivity contribution in [3.05, 3.63) is 108 Å². The van der Waals surface area contributed by atoms with Crippen molar-refractivity contribution < 1.29 is 0 Å². The number of alkyl halides is 1. The van der Waals surface area contributed by atoms with Crippen LogP contribution in [0.2, 0.25) is 0 Å². The third kappa shape index (κ3) is 2.78. The maximum absolute atomic E-state index is 3.96. The molecule has 0 atom stereocenters. The van der Waals surface area contributed by atoms with Gasteiger partial charge >= 0.3 is 0 Å². The molecule has 0 saturated heterocycles. The monoisotopic (exact) mass is 467 g/mol. The molecule has 31 heavy (non-hydrogen) atoms. The van der Waals surface area contributed by atoms with Crippen LogP contribution in [0, 0.1) is 0 Å². The maximum Gasteiger partial charge on any atom is 0.0457 e. The lowest BCUT2D eigenvalue weighted by Gasteiger charge is -2.32. The van der Waals surface area contributed by atoms with E-state index in [4.69, 9.17) is 0 Å². The van der Waals surface area contributed by atoms with E-state index in [2.05, 4.69) is 122 Å². The fourth-order valence-electron chi connectivity index (χ4n) is 5.06. The van der Waals surface area contributed by atoms with Gasteiger partial charge in [0.2, 0.25) is 0 Å². The summed E-state index contributed by atoms with van der Waals surface area (Å²) in [7, 11) is 0. The van der Waals surface area contributed by atoms with Crippen LogP contribution in [0.25, 0.3) is 32.7 Å². The number of halogens is 1. The van der Waals surface area contributed by atoms with Gasteiger partial charge in [-0.3, -0.25) is 0 Å². The fourth-order valence-corrected chi connectivity index (χ4v) is 5.87. The average Bonchev–Trinajstić information content (AvgIpc) is 3.55.